The lowest BCUT2D eigenvalue weighted by molar-refractivity contribution is -0.145. The lowest BCUT2D eigenvalue weighted by Gasteiger charge is -2.21. The average Bonchev–Trinajstić information content (AvgIpc) is 3.15. The molecule has 0 aliphatic rings. The number of rotatable bonds is 14. The van der Waals surface area contributed by atoms with Gasteiger partial charge in [0.15, 0.2) is 0 Å². The standard InChI is InChI=1S/C30H43NO9/c1-29(2,3)38-27(35)21-18-22(28(36)39-30(4,5)6)20-23(19-21)37-17-13-11-9-7-8-10-12-14-26(34)40-31-24(32)15-16-25(31)33/h15-16,18-20,32-33H,7-14,17H2,1-6H3. The van der Waals surface area contributed by atoms with Crippen molar-refractivity contribution in [2.45, 2.75) is 104 Å². The summed E-state index contributed by atoms with van der Waals surface area (Å²) in [5.74, 6) is -1.89. The second-order valence-corrected chi connectivity index (χ2v) is 11.6. The molecule has 1 heterocycles. The molecular weight excluding hydrogens is 518 g/mol. The zero-order valence-electron chi connectivity index (χ0n) is 24.5. The normalized spacial score (nSPS) is 11.7. The molecule has 0 fully saturated rings. The van der Waals surface area contributed by atoms with Crippen molar-refractivity contribution < 1.29 is 43.6 Å². The van der Waals surface area contributed by atoms with E-state index in [-0.39, 0.29) is 29.3 Å². The van der Waals surface area contributed by atoms with Crippen LogP contribution in [-0.2, 0) is 14.3 Å². The molecule has 10 heteroatoms. The van der Waals surface area contributed by atoms with E-state index >= 15 is 0 Å². The molecular formula is C30H43NO9. The average molecular weight is 562 g/mol. The van der Waals surface area contributed by atoms with Crippen LogP contribution in [0.4, 0.5) is 0 Å². The zero-order chi connectivity index (χ0) is 29.9. The fourth-order valence-electron chi connectivity index (χ4n) is 3.68. The number of unbranched alkanes of at least 4 members (excludes halogenated alkanes) is 6. The third kappa shape index (κ3) is 12.0. The van der Waals surface area contributed by atoms with E-state index in [2.05, 4.69) is 0 Å². The Bertz CT molecular complexity index is 1070. The Labute approximate surface area is 236 Å². The first-order valence-electron chi connectivity index (χ1n) is 13.7. The minimum absolute atomic E-state index is 0.193. The molecule has 0 spiro atoms. The van der Waals surface area contributed by atoms with Gasteiger partial charge < -0.3 is 29.3 Å². The summed E-state index contributed by atoms with van der Waals surface area (Å²) in [5.41, 5.74) is -0.918. The van der Waals surface area contributed by atoms with Crippen molar-refractivity contribution in [3.63, 3.8) is 0 Å². The van der Waals surface area contributed by atoms with E-state index < -0.39 is 29.1 Å². The first-order chi connectivity index (χ1) is 18.6. The molecule has 0 aliphatic heterocycles. The van der Waals surface area contributed by atoms with Crippen molar-refractivity contribution in [2.75, 3.05) is 6.61 Å². The maximum absolute atomic E-state index is 12.7. The molecule has 40 heavy (non-hydrogen) atoms. The lowest BCUT2D eigenvalue weighted by atomic mass is 10.1. The van der Waals surface area contributed by atoms with E-state index in [0.29, 0.717) is 23.5 Å². The summed E-state index contributed by atoms with van der Waals surface area (Å²) in [6, 6.07) is 7.08. The van der Waals surface area contributed by atoms with Crippen LogP contribution in [0.5, 0.6) is 17.5 Å². The maximum Gasteiger partial charge on any atom is 0.338 e. The van der Waals surface area contributed by atoms with E-state index in [4.69, 9.17) is 19.0 Å². The Morgan fingerprint density at radius 3 is 1.62 bits per heavy atom. The van der Waals surface area contributed by atoms with Crippen LogP contribution < -0.4 is 9.57 Å². The van der Waals surface area contributed by atoms with Gasteiger partial charge in [-0.2, -0.15) is 0 Å². The number of esters is 2. The molecule has 0 atom stereocenters. The lowest BCUT2D eigenvalue weighted by Crippen LogP contribution is -2.25. The van der Waals surface area contributed by atoms with Gasteiger partial charge in [0.1, 0.15) is 17.0 Å². The molecule has 2 N–H and O–H groups in total. The Kier molecular flexibility index (Phi) is 11.9. The Hall–Kier alpha value is -3.69. The van der Waals surface area contributed by atoms with Crippen molar-refractivity contribution in [1.29, 1.82) is 0 Å². The summed E-state index contributed by atoms with van der Waals surface area (Å²) < 4.78 is 17.5. The quantitative estimate of drug-likeness (QED) is 0.211. The number of ether oxygens (including phenoxy) is 3. The Morgan fingerprint density at radius 2 is 1.15 bits per heavy atom. The van der Waals surface area contributed by atoms with Gasteiger partial charge in [-0.1, -0.05) is 32.1 Å². The highest BCUT2D eigenvalue weighted by atomic mass is 16.7. The fraction of sp³-hybridized carbons (Fsp3) is 0.567. The van der Waals surface area contributed by atoms with E-state index in [1.54, 1.807) is 53.7 Å². The molecule has 10 nitrogen and oxygen atoms in total. The van der Waals surface area contributed by atoms with Gasteiger partial charge in [0.2, 0.25) is 11.8 Å². The molecule has 0 amide bonds. The number of carbonyl (C=O) groups excluding carboxylic acids is 3. The van der Waals surface area contributed by atoms with Crippen molar-refractivity contribution in [3.8, 4) is 17.5 Å². The van der Waals surface area contributed by atoms with Crippen LogP contribution >= 0.6 is 0 Å². The SMILES string of the molecule is CC(C)(C)OC(=O)c1cc(OCCCCCCCCCC(=O)On2c(O)ccc2O)cc(C(=O)OC(C)(C)C)c1. The number of nitrogens with zero attached hydrogens (tertiary/aromatic N) is 1. The summed E-state index contributed by atoms with van der Waals surface area (Å²) in [4.78, 5) is 42.1. The van der Waals surface area contributed by atoms with Gasteiger partial charge >= 0.3 is 17.9 Å². The van der Waals surface area contributed by atoms with Crippen LogP contribution in [0.1, 0.15) is 114 Å². The van der Waals surface area contributed by atoms with E-state index in [1.807, 2.05) is 0 Å². The van der Waals surface area contributed by atoms with Gasteiger partial charge in [0.05, 0.1) is 17.7 Å². The third-order valence-corrected chi connectivity index (χ3v) is 5.46. The van der Waals surface area contributed by atoms with Crippen LogP contribution in [0.15, 0.2) is 30.3 Å². The molecule has 222 valence electrons. The first-order valence-corrected chi connectivity index (χ1v) is 13.7. The van der Waals surface area contributed by atoms with Gasteiger partial charge in [-0.05, 0) is 72.6 Å². The smallest absolute Gasteiger partial charge is 0.338 e. The van der Waals surface area contributed by atoms with Crippen LogP contribution in [0, 0.1) is 0 Å². The minimum Gasteiger partial charge on any atom is -0.494 e. The van der Waals surface area contributed by atoms with Crippen LogP contribution in [0.25, 0.3) is 0 Å². The Morgan fingerprint density at radius 1 is 0.700 bits per heavy atom. The minimum atomic E-state index is -0.680. The molecule has 2 aromatic rings. The zero-order valence-corrected chi connectivity index (χ0v) is 24.5. The highest BCUT2D eigenvalue weighted by Gasteiger charge is 2.23. The highest BCUT2D eigenvalue weighted by molar-refractivity contribution is 5.96. The summed E-state index contributed by atoms with van der Waals surface area (Å²) in [5, 5.41) is 19.0. The van der Waals surface area contributed by atoms with Crippen molar-refractivity contribution in [1.82, 2.24) is 4.73 Å². The molecule has 0 unspecified atom stereocenters. The van der Waals surface area contributed by atoms with E-state index in [0.717, 1.165) is 38.5 Å². The van der Waals surface area contributed by atoms with Gasteiger partial charge in [0, 0.05) is 18.6 Å². The number of hydrogen-bond acceptors (Lipinski definition) is 9. The molecule has 2 rings (SSSR count). The van der Waals surface area contributed by atoms with Crippen molar-refractivity contribution >= 4 is 17.9 Å². The first kappa shape index (κ1) is 32.5. The van der Waals surface area contributed by atoms with Crippen molar-refractivity contribution in [3.05, 3.63) is 41.5 Å². The molecule has 1 aromatic carbocycles. The monoisotopic (exact) mass is 561 g/mol. The highest BCUT2D eigenvalue weighted by Crippen LogP contribution is 2.23. The van der Waals surface area contributed by atoms with Gasteiger partial charge in [-0.3, -0.25) is 0 Å². The second-order valence-electron chi connectivity index (χ2n) is 11.6. The predicted molar refractivity (Wildman–Crippen MR) is 149 cm³/mol. The molecule has 1 aromatic heterocycles. The predicted octanol–water partition coefficient (Wildman–Crippen LogP) is 5.96. The number of benzene rings is 1. The number of aromatic nitrogens is 1. The number of carbonyl (C=O) groups is 3. The summed E-state index contributed by atoms with van der Waals surface area (Å²) in [6.45, 7) is 11.1. The number of hydrogen-bond donors (Lipinski definition) is 2. The molecule has 0 aliphatic carbocycles. The second kappa shape index (κ2) is 14.6. The van der Waals surface area contributed by atoms with Crippen LogP contribution in [0.2, 0.25) is 0 Å². The van der Waals surface area contributed by atoms with E-state index in [9.17, 15) is 24.6 Å². The molecule has 0 saturated carbocycles. The van der Waals surface area contributed by atoms with Gasteiger partial charge in [-0.25, -0.2) is 14.4 Å². The molecule has 0 bridgehead atoms. The fourth-order valence-corrected chi connectivity index (χ4v) is 3.68. The Balaban J connectivity index is 1.74. The maximum atomic E-state index is 12.7. The van der Waals surface area contributed by atoms with Crippen LogP contribution in [0.3, 0.4) is 0 Å². The van der Waals surface area contributed by atoms with Gasteiger partial charge in [-0.15, -0.1) is 4.73 Å². The van der Waals surface area contributed by atoms with Crippen molar-refractivity contribution in [2.24, 2.45) is 0 Å². The summed E-state index contributed by atoms with van der Waals surface area (Å²) in [7, 11) is 0. The topological polar surface area (TPSA) is 134 Å². The number of aromatic hydroxyl groups is 2. The molecule has 0 radical (unpaired) electrons. The van der Waals surface area contributed by atoms with E-state index in [1.165, 1.54) is 18.2 Å². The summed E-state index contributed by atoms with van der Waals surface area (Å²) in [6.07, 6.45) is 6.42. The summed E-state index contributed by atoms with van der Waals surface area (Å²) >= 11 is 0. The largest absolute Gasteiger partial charge is 0.494 e. The third-order valence-electron chi connectivity index (χ3n) is 5.46. The van der Waals surface area contributed by atoms with Crippen LogP contribution in [-0.4, -0.2) is 50.7 Å². The van der Waals surface area contributed by atoms with Gasteiger partial charge in [0.25, 0.3) is 0 Å². The molecule has 0 saturated heterocycles.